The van der Waals surface area contributed by atoms with E-state index in [4.69, 9.17) is 11.6 Å². The topological polar surface area (TPSA) is 71.1 Å². The van der Waals surface area contributed by atoms with Gasteiger partial charge in [-0.2, -0.15) is 0 Å². The fourth-order valence-corrected chi connectivity index (χ4v) is 1.61. The number of hydrogen-bond acceptors (Lipinski definition) is 3. The first kappa shape index (κ1) is 12.3. The molecule has 0 aliphatic rings. The van der Waals surface area contributed by atoms with Crippen LogP contribution in [0.5, 0.6) is 0 Å². The van der Waals surface area contributed by atoms with Gasteiger partial charge in [-0.25, -0.2) is 4.79 Å². The van der Waals surface area contributed by atoms with Crippen LogP contribution in [0.2, 0.25) is 0 Å². The number of rotatable bonds is 2. The van der Waals surface area contributed by atoms with E-state index in [2.05, 4.69) is 15.6 Å². The highest BCUT2D eigenvalue weighted by atomic mass is 35.5. The van der Waals surface area contributed by atoms with Crippen molar-refractivity contribution in [1.29, 1.82) is 0 Å². The van der Waals surface area contributed by atoms with Gasteiger partial charge in [-0.1, -0.05) is 12.1 Å². The monoisotopic (exact) mass is 263 g/mol. The maximum absolute atomic E-state index is 11.5. The first-order valence-electron chi connectivity index (χ1n) is 5.20. The van der Waals surface area contributed by atoms with Crippen LogP contribution in [0.25, 0.3) is 10.8 Å². The molecule has 0 aliphatic carbocycles. The number of halogens is 1. The summed E-state index contributed by atoms with van der Waals surface area (Å²) < 4.78 is 0. The van der Waals surface area contributed by atoms with Crippen LogP contribution in [-0.2, 0) is 4.79 Å². The molecule has 0 saturated carbocycles. The summed E-state index contributed by atoms with van der Waals surface area (Å²) in [5, 5.41) is 6.45. The van der Waals surface area contributed by atoms with Crippen LogP contribution in [0.1, 0.15) is 0 Å². The third-order valence-corrected chi connectivity index (χ3v) is 2.55. The van der Waals surface area contributed by atoms with E-state index in [0.717, 1.165) is 10.8 Å². The highest BCUT2D eigenvalue weighted by Gasteiger charge is 2.08. The van der Waals surface area contributed by atoms with Crippen LogP contribution >= 0.6 is 11.6 Å². The Morgan fingerprint density at radius 1 is 1.28 bits per heavy atom. The normalized spacial score (nSPS) is 10.1. The number of amides is 3. The van der Waals surface area contributed by atoms with Gasteiger partial charge in [0.2, 0.25) is 5.91 Å². The Labute approximate surface area is 108 Å². The van der Waals surface area contributed by atoms with Gasteiger partial charge in [0, 0.05) is 23.2 Å². The predicted octanol–water partition coefficient (Wildman–Crippen LogP) is 2.12. The van der Waals surface area contributed by atoms with Crippen molar-refractivity contribution >= 4 is 40.0 Å². The number of urea groups is 1. The third-order valence-electron chi connectivity index (χ3n) is 2.30. The Kier molecular flexibility index (Phi) is 3.74. The van der Waals surface area contributed by atoms with Crippen LogP contribution in [0.4, 0.5) is 10.5 Å². The zero-order valence-electron chi connectivity index (χ0n) is 9.31. The molecule has 0 saturated heterocycles. The summed E-state index contributed by atoms with van der Waals surface area (Å²) in [6.07, 6.45) is 3.33. The van der Waals surface area contributed by atoms with Crippen molar-refractivity contribution in [3.63, 3.8) is 0 Å². The molecule has 2 rings (SSSR count). The maximum Gasteiger partial charge on any atom is 0.325 e. The van der Waals surface area contributed by atoms with Crippen LogP contribution in [0, 0.1) is 0 Å². The predicted molar refractivity (Wildman–Crippen MR) is 69.6 cm³/mol. The molecule has 0 fully saturated rings. The van der Waals surface area contributed by atoms with Gasteiger partial charge < -0.3 is 5.32 Å². The van der Waals surface area contributed by atoms with Crippen LogP contribution < -0.4 is 10.6 Å². The number of alkyl halides is 1. The molecule has 0 aliphatic heterocycles. The fourth-order valence-electron chi connectivity index (χ4n) is 1.55. The van der Waals surface area contributed by atoms with Crippen LogP contribution in [0.3, 0.4) is 0 Å². The zero-order valence-corrected chi connectivity index (χ0v) is 10.1. The summed E-state index contributed by atoms with van der Waals surface area (Å²) in [5.41, 5.74) is 0.606. The molecular formula is C12H10ClN3O2. The Balaban J connectivity index is 2.21. The molecule has 1 aromatic carbocycles. The number of anilines is 1. The molecule has 2 aromatic rings. The summed E-state index contributed by atoms with van der Waals surface area (Å²) >= 11 is 5.29. The molecule has 0 atom stereocenters. The molecular weight excluding hydrogens is 254 g/mol. The van der Waals surface area contributed by atoms with Gasteiger partial charge in [0.1, 0.15) is 5.88 Å². The van der Waals surface area contributed by atoms with Crippen LogP contribution in [-0.4, -0.2) is 22.8 Å². The van der Waals surface area contributed by atoms with E-state index in [1.807, 2.05) is 6.07 Å². The van der Waals surface area contributed by atoms with Gasteiger partial charge in [-0.15, -0.1) is 11.6 Å². The second kappa shape index (κ2) is 5.46. The van der Waals surface area contributed by atoms with Crippen molar-refractivity contribution in [1.82, 2.24) is 10.3 Å². The van der Waals surface area contributed by atoms with Gasteiger partial charge in [0.25, 0.3) is 0 Å². The number of pyridine rings is 1. The highest BCUT2D eigenvalue weighted by molar-refractivity contribution is 6.28. The van der Waals surface area contributed by atoms with Gasteiger partial charge in [0.05, 0.1) is 5.69 Å². The van der Waals surface area contributed by atoms with Gasteiger partial charge in [-0.3, -0.25) is 15.1 Å². The molecule has 2 N–H and O–H groups in total. The molecule has 1 aromatic heterocycles. The molecule has 0 spiro atoms. The van der Waals surface area contributed by atoms with Crippen molar-refractivity contribution < 1.29 is 9.59 Å². The lowest BCUT2D eigenvalue weighted by Crippen LogP contribution is -2.35. The molecule has 1 heterocycles. The second-order valence-electron chi connectivity index (χ2n) is 3.54. The Morgan fingerprint density at radius 2 is 2.11 bits per heavy atom. The minimum absolute atomic E-state index is 0.257. The standard InChI is InChI=1S/C12H10ClN3O2/c13-6-11(17)16-12(18)15-10-3-1-2-8-7-14-5-4-9(8)10/h1-5,7H,6H2,(H2,15,16,17,18). The summed E-state index contributed by atoms with van der Waals surface area (Å²) in [4.78, 5) is 26.5. The number of carbonyl (C=O) groups is 2. The first-order valence-corrected chi connectivity index (χ1v) is 5.73. The number of nitrogens with zero attached hydrogens (tertiary/aromatic N) is 1. The summed E-state index contributed by atoms with van der Waals surface area (Å²) in [6, 6.07) is 6.60. The molecule has 18 heavy (non-hydrogen) atoms. The van der Waals surface area contributed by atoms with E-state index >= 15 is 0 Å². The Bertz CT molecular complexity index is 595. The molecule has 3 amide bonds. The summed E-state index contributed by atoms with van der Waals surface area (Å²) in [6.45, 7) is 0. The average molecular weight is 264 g/mol. The smallest absolute Gasteiger partial charge is 0.307 e. The molecule has 92 valence electrons. The van der Waals surface area contributed by atoms with Crippen molar-refractivity contribution in [3.8, 4) is 0 Å². The lowest BCUT2D eigenvalue weighted by molar-refractivity contribution is -0.117. The van der Waals surface area contributed by atoms with Gasteiger partial charge in [0.15, 0.2) is 0 Å². The SMILES string of the molecule is O=C(CCl)NC(=O)Nc1cccc2cnccc12. The van der Waals surface area contributed by atoms with Gasteiger partial charge >= 0.3 is 6.03 Å². The van der Waals surface area contributed by atoms with E-state index in [1.54, 1.807) is 30.6 Å². The third kappa shape index (κ3) is 2.75. The fraction of sp³-hybridized carbons (Fsp3) is 0.0833. The van der Waals surface area contributed by atoms with Gasteiger partial charge in [-0.05, 0) is 12.1 Å². The zero-order chi connectivity index (χ0) is 13.0. The van der Waals surface area contributed by atoms with Crippen molar-refractivity contribution in [3.05, 3.63) is 36.7 Å². The largest absolute Gasteiger partial charge is 0.325 e. The number of carbonyl (C=O) groups excluding carboxylic acids is 2. The maximum atomic E-state index is 11.5. The van der Waals surface area contributed by atoms with E-state index in [0.29, 0.717) is 5.69 Å². The minimum Gasteiger partial charge on any atom is -0.307 e. The highest BCUT2D eigenvalue weighted by Crippen LogP contribution is 2.21. The number of aromatic nitrogens is 1. The van der Waals surface area contributed by atoms with Crippen molar-refractivity contribution in [2.45, 2.75) is 0 Å². The lowest BCUT2D eigenvalue weighted by atomic mass is 10.1. The van der Waals surface area contributed by atoms with Crippen LogP contribution in [0.15, 0.2) is 36.7 Å². The number of imide groups is 1. The summed E-state index contributed by atoms with van der Waals surface area (Å²) in [7, 11) is 0. The minimum atomic E-state index is -0.607. The molecule has 0 unspecified atom stereocenters. The number of fused-ring (bicyclic) bond motifs is 1. The number of hydrogen-bond donors (Lipinski definition) is 2. The first-order chi connectivity index (χ1) is 8.70. The number of nitrogens with one attached hydrogen (secondary N) is 2. The van der Waals surface area contributed by atoms with Crippen molar-refractivity contribution in [2.24, 2.45) is 0 Å². The van der Waals surface area contributed by atoms with E-state index in [-0.39, 0.29) is 5.88 Å². The molecule has 0 bridgehead atoms. The molecule has 6 heteroatoms. The molecule has 5 nitrogen and oxygen atoms in total. The average Bonchev–Trinajstić information content (AvgIpc) is 2.39. The summed E-state index contributed by atoms with van der Waals surface area (Å²) in [5.74, 6) is -0.802. The van der Waals surface area contributed by atoms with E-state index in [1.165, 1.54) is 0 Å². The van der Waals surface area contributed by atoms with E-state index in [9.17, 15) is 9.59 Å². The lowest BCUT2D eigenvalue weighted by Gasteiger charge is -2.08. The second-order valence-corrected chi connectivity index (χ2v) is 3.81. The van der Waals surface area contributed by atoms with Crippen molar-refractivity contribution in [2.75, 3.05) is 11.2 Å². The molecule has 0 radical (unpaired) electrons. The Hall–Kier alpha value is -2.14. The quantitative estimate of drug-likeness (QED) is 0.816. The number of benzene rings is 1. The Morgan fingerprint density at radius 3 is 2.89 bits per heavy atom. The van der Waals surface area contributed by atoms with E-state index < -0.39 is 11.9 Å².